The van der Waals surface area contributed by atoms with E-state index in [1.54, 1.807) is 0 Å². The minimum absolute atomic E-state index is 0.0505. The van der Waals surface area contributed by atoms with Gasteiger partial charge in [-0.15, -0.1) is 0 Å². The van der Waals surface area contributed by atoms with Crippen LogP contribution in [0.1, 0.15) is 47.7 Å². The van der Waals surface area contributed by atoms with Crippen LogP contribution in [-0.4, -0.2) is 0 Å². The van der Waals surface area contributed by atoms with E-state index in [0.29, 0.717) is 0 Å². The summed E-state index contributed by atoms with van der Waals surface area (Å²) < 4.78 is 6.14. The van der Waals surface area contributed by atoms with Gasteiger partial charge >= 0.3 is 0 Å². The van der Waals surface area contributed by atoms with Crippen molar-refractivity contribution in [1.82, 2.24) is 0 Å². The number of hydrogen-bond donors (Lipinski definition) is 1. The maximum absolute atomic E-state index is 6.32. The number of ether oxygens (including phenoxy) is 1. The number of fused-ring (bicyclic) bond motifs is 1. The van der Waals surface area contributed by atoms with Crippen molar-refractivity contribution in [2.75, 3.05) is 0 Å². The molecule has 0 saturated carbocycles. The van der Waals surface area contributed by atoms with Crippen molar-refractivity contribution in [3.05, 3.63) is 64.7 Å². The van der Waals surface area contributed by atoms with Gasteiger partial charge in [0.25, 0.3) is 0 Å². The summed E-state index contributed by atoms with van der Waals surface area (Å²) in [4.78, 5) is 0. The summed E-state index contributed by atoms with van der Waals surface area (Å²) in [6.07, 6.45) is 1.96. The first kappa shape index (κ1) is 13.2. The van der Waals surface area contributed by atoms with Crippen LogP contribution in [0.5, 0.6) is 5.75 Å². The highest BCUT2D eigenvalue weighted by Crippen LogP contribution is 2.39. The van der Waals surface area contributed by atoms with Crippen LogP contribution in [-0.2, 0) is 6.42 Å². The molecular formula is C18H21NO. The highest BCUT2D eigenvalue weighted by molar-refractivity contribution is 5.41. The largest absolute Gasteiger partial charge is 0.485 e. The normalized spacial score (nSPS) is 21.1. The summed E-state index contributed by atoms with van der Waals surface area (Å²) in [6, 6.07) is 15.0. The van der Waals surface area contributed by atoms with Gasteiger partial charge in [-0.2, -0.15) is 0 Å². The molecule has 2 aromatic rings. The number of rotatable bonds is 2. The topological polar surface area (TPSA) is 35.2 Å². The Morgan fingerprint density at radius 1 is 1.15 bits per heavy atom. The minimum Gasteiger partial charge on any atom is -0.485 e. The molecule has 20 heavy (non-hydrogen) atoms. The van der Waals surface area contributed by atoms with Crippen LogP contribution in [0.3, 0.4) is 0 Å². The number of nitrogens with two attached hydrogens (primary N) is 1. The van der Waals surface area contributed by atoms with E-state index in [1.165, 1.54) is 16.7 Å². The van der Waals surface area contributed by atoms with Crippen LogP contribution in [0.2, 0.25) is 0 Å². The van der Waals surface area contributed by atoms with Crippen molar-refractivity contribution in [3.8, 4) is 5.75 Å². The zero-order valence-corrected chi connectivity index (χ0v) is 12.1. The van der Waals surface area contributed by atoms with E-state index in [9.17, 15) is 0 Å². The molecule has 1 aliphatic heterocycles. The van der Waals surface area contributed by atoms with Crippen LogP contribution >= 0.6 is 0 Å². The maximum atomic E-state index is 6.32. The molecule has 104 valence electrons. The summed E-state index contributed by atoms with van der Waals surface area (Å²) in [5, 5.41) is 0. The summed E-state index contributed by atoms with van der Waals surface area (Å²) in [6.45, 7) is 4.25. The number of benzene rings is 2. The van der Waals surface area contributed by atoms with E-state index in [0.717, 1.165) is 24.2 Å². The summed E-state index contributed by atoms with van der Waals surface area (Å²) in [7, 11) is 0. The predicted molar refractivity (Wildman–Crippen MR) is 81.9 cm³/mol. The van der Waals surface area contributed by atoms with Gasteiger partial charge in [0.1, 0.15) is 11.9 Å². The lowest BCUT2D eigenvalue weighted by molar-refractivity contribution is 0.161. The fourth-order valence-corrected chi connectivity index (χ4v) is 2.80. The quantitative estimate of drug-likeness (QED) is 0.889. The minimum atomic E-state index is 0.0505. The van der Waals surface area contributed by atoms with Crippen molar-refractivity contribution in [1.29, 1.82) is 0 Å². The first-order chi connectivity index (χ1) is 9.67. The Balaban J connectivity index is 1.88. The van der Waals surface area contributed by atoms with Crippen LogP contribution in [0, 0.1) is 6.92 Å². The lowest BCUT2D eigenvalue weighted by atomic mass is 9.92. The van der Waals surface area contributed by atoms with Gasteiger partial charge in [0.05, 0.1) is 0 Å². The third-order valence-electron chi connectivity index (χ3n) is 4.06. The molecule has 2 atom stereocenters. The first-order valence-corrected chi connectivity index (χ1v) is 7.29. The highest BCUT2D eigenvalue weighted by Gasteiger charge is 2.26. The fourth-order valence-electron chi connectivity index (χ4n) is 2.80. The summed E-state index contributed by atoms with van der Waals surface area (Å²) >= 11 is 0. The molecule has 2 aromatic carbocycles. The van der Waals surface area contributed by atoms with E-state index < -0.39 is 0 Å². The van der Waals surface area contributed by atoms with E-state index in [2.05, 4.69) is 50.2 Å². The Labute approximate surface area is 120 Å². The van der Waals surface area contributed by atoms with Gasteiger partial charge in [0.15, 0.2) is 0 Å². The SMILES string of the molecule is CCc1ccc(C2C[C@H](N)c3cc(C)ccc3O2)cc1. The molecule has 0 fully saturated rings. The monoisotopic (exact) mass is 267 g/mol. The Morgan fingerprint density at radius 2 is 1.90 bits per heavy atom. The fraction of sp³-hybridized carbons (Fsp3) is 0.333. The molecule has 0 spiro atoms. The lowest BCUT2D eigenvalue weighted by Gasteiger charge is -2.31. The molecule has 0 saturated heterocycles. The Morgan fingerprint density at radius 3 is 2.60 bits per heavy atom. The molecule has 2 heteroatoms. The zero-order chi connectivity index (χ0) is 14.1. The Hall–Kier alpha value is -1.80. The average Bonchev–Trinajstić information content (AvgIpc) is 2.48. The van der Waals surface area contributed by atoms with Crippen molar-refractivity contribution in [2.45, 2.75) is 38.8 Å². The van der Waals surface area contributed by atoms with Gasteiger partial charge in [0.2, 0.25) is 0 Å². The van der Waals surface area contributed by atoms with Crippen LogP contribution in [0.15, 0.2) is 42.5 Å². The standard InChI is InChI=1S/C18H21NO/c1-3-13-5-7-14(8-6-13)18-11-16(19)15-10-12(2)4-9-17(15)20-18/h4-10,16,18H,3,11,19H2,1-2H3/t16-,18?/m0/s1. The summed E-state index contributed by atoms with van der Waals surface area (Å²) in [5.41, 5.74) is 11.2. The van der Waals surface area contributed by atoms with E-state index >= 15 is 0 Å². The van der Waals surface area contributed by atoms with Gasteiger partial charge in [-0.1, -0.05) is 48.9 Å². The molecule has 0 amide bonds. The molecule has 3 rings (SSSR count). The third-order valence-corrected chi connectivity index (χ3v) is 4.06. The van der Waals surface area contributed by atoms with Gasteiger partial charge in [-0.25, -0.2) is 0 Å². The van der Waals surface area contributed by atoms with Gasteiger partial charge in [0, 0.05) is 18.0 Å². The number of hydrogen-bond acceptors (Lipinski definition) is 2. The molecule has 2 nitrogen and oxygen atoms in total. The molecule has 1 aliphatic rings. The number of aryl methyl sites for hydroxylation is 2. The van der Waals surface area contributed by atoms with Crippen LogP contribution < -0.4 is 10.5 Å². The molecule has 0 aliphatic carbocycles. The van der Waals surface area contributed by atoms with Gasteiger partial charge in [-0.3, -0.25) is 0 Å². The first-order valence-electron chi connectivity index (χ1n) is 7.29. The average molecular weight is 267 g/mol. The third kappa shape index (κ3) is 2.44. The molecule has 0 aromatic heterocycles. The lowest BCUT2D eigenvalue weighted by Crippen LogP contribution is -2.24. The van der Waals surface area contributed by atoms with Crippen molar-refractivity contribution in [3.63, 3.8) is 0 Å². The molecule has 0 bridgehead atoms. The molecule has 0 radical (unpaired) electrons. The zero-order valence-electron chi connectivity index (χ0n) is 12.1. The molecular weight excluding hydrogens is 246 g/mol. The van der Waals surface area contributed by atoms with Crippen LogP contribution in [0.4, 0.5) is 0 Å². The second kappa shape index (κ2) is 5.29. The van der Waals surface area contributed by atoms with E-state index in [-0.39, 0.29) is 12.1 Å². The van der Waals surface area contributed by atoms with Gasteiger partial charge < -0.3 is 10.5 Å². The molecule has 1 unspecified atom stereocenters. The van der Waals surface area contributed by atoms with Crippen molar-refractivity contribution >= 4 is 0 Å². The van der Waals surface area contributed by atoms with Crippen LogP contribution in [0.25, 0.3) is 0 Å². The van der Waals surface area contributed by atoms with E-state index in [1.807, 2.05) is 6.07 Å². The maximum Gasteiger partial charge on any atom is 0.126 e. The predicted octanol–water partition coefficient (Wildman–Crippen LogP) is 4.08. The molecule has 2 N–H and O–H groups in total. The van der Waals surface area contributed by atoms with Crippen molar-refractivity contribution in [2.24, 2.45) is 5.73 Å². The van der Waals surface area contributed by atoms with E-state index in [4.69, 9.17) is 10.5 Å². The second-order valence-electron chi connectivity index (χ2n) is 5.59. The summed E-state index contributed by atoms with van der Waals surface area (Å²) in [5.74, 6) is 0.930. The Kier molecular flexibility index (Phi) is 3.49. The van der Waals surface area contributed by atoms with Crippen molar-refractivity contribution < 1.29 is 4.74 Å². The molecule has 1 heterocycles. The smallest absolute Gasteiger partial charge is 0.126 e. The highest BCUT2D eigenvalue weighted by atomic mass is 16.5. The van der Waals surface area contributed by atoms with Gasteiger partial charge in [-0.05, 0) is 30.5 Å². The Bertz CT molecular complexity index is 603. The second-order valence-corrected chi connectivity index (χ2v) is 5.59.